The Balaban J connectivity index is 1.74. The van der Waals surface area contributed by atoms with Crippen molar-refractivity contribution in [2.45, 2.75) is 62.1 Å². The van der Waals surface area contributed by atoms with Gasteiger partial charge in [0.1, 0.15) is 0 Å². The van der Waals surface area contributed by atoms with E-state index in [1.165, 1.54) is 25.1 Å². The predicted octanol–water partition coefficient (Wildman–Crippen LogP) is 4.49. The number of anilines is 1. The van der Waals surface area contributed by atoms with Crippen LogP contribution in [-0.4, -0.2) is 35.2 Å². The molecule has 1 aromatic carbocycles. The van der Waals surface area contributed by atoms with Gasteiger partial charge in [-0.15, -0.1) is 11.8 Å². The second-order valence-corrected chi connectivity index (χ2v) is 9.58. The maximum Gasteiger partial charge on any atom is 0.0795 e. The molecule has 0 aromatic heterocycles. The van der Waals surface area contributed by atoms with Gasteiger partial charge in [0, 0.05) is 35.4 Å². The first-order valence-electron chi connectivity index (χ1n) is 8.79. The van der Waals surface area contributed by atoms with Crippen molar-refractivity contribution in [1.82, 2.24) is 4.90 Å². The molecule has 1 saturated heterocycles. The van der Waals surface area contributed by atoms with Gasteiger partial charge < -0.3 is 10.2 Å². The second-order valence-electron chi connectivity index (χ2n) is 7.85. The Hall–Kier alpha value is -0.670. The first-order valence-corrected chi connectivity index (χ1v) is 9.74. The van der Waals surface area contributed by atoms with Crippen molar-refractivity contribution in [3.05, 3.63) is 29.3 Å². The Morgan fingerprint density at radius 3 is 2.82 bits per heavy atom. The van der Waals surface area contributed by atoms with E-state index < -0.39 is 0 Å². The third kappa shape index (κ3) is 2.28. The number of rotatable bonds is 2. The van der Waals surface area contributed by atoms with Crippen molar-refractivity contribution in [3.8, 4) is 0 Å². The molecule has 3 heteroatoms. The number of likely N-dealkylation sites (N-methyl/N-ethyl adjacent to an activating group) is 1. The fourth-order valence-corrected chi connectivity index (χ4v) is 6.27. The van der Waals surface area contributed by atoms with E-state index in [9.17, 15) is 0 Å². The van der Waals surface area contributed by atoms with Crippen molar-refractivity contribution in [2.24, 2.45) is 5.92 Å². The van der Waals surface area contributed by atoms with E-state index in [4.69, 9.17) is 0 Å². The molecule has 0 bridgehead atoms. The lowest BCUT2D eigenvalue weighted by Crippen LogP contribution is -2.48. The van der Waals surface area contributed by atoms with Crippen molar-refractivity contribution in [1.29, 1.82) is 0 Å². The van der Waals surface area contributed by atoms with Gasteiger partial charge in [-0.05, 0) is 43.0 Å². The summed E-state index contributed by atoms with van der Waals surface area (Å²) in [6.07, 6.45) is 2.69. The molecule has 3 aliphatic rings. The van der Waals surface area contributed by atoms with Crippen molar-refractivity contribution in [3.63, 3.8) is 0 Å². The molecule has 0 radical (unpaired) electrons. The first kappa shape index (κ1) is 14.9. The van der Waals surface area contributed by atoms with Gasteiger partial charge in [0.25, 0.3) is 0 Å². The lowest BCUT2D eigenvalue weighted by atomic mass is 9.69. The highest BCUT2D eigenvalue weighted by Gasteiger charge is 2.46. The van der Waals surface area contributed by atoms with Gasteiger partial charge in [-0.25, -0.2) is 0 Å². The van der Waals surface area contributed by atoms with Crippen molar-refractivity contribution >= 4 is 17.4 Å². The number of likely N-dealkylation sites (tertiary alicyclic amines) is 1. The maximum atomic E-state index is 3.83. The number of hydrogen-bond acceptors (Lipinski definition) is 3. The van der Waals surface area contributed by atoms with Gasteiger partial charge in [0.2, 0.25) is 0 Å². The monoisotopic (exact) mass is 316 g/mol. The van der Waals surface area contributed by atoms with Crippen LogP contribution in [0.5, 0.6) is 0 Å². The van der Waals surface area contributed by atoms with Gasteiger partial charge >= 0.3 is 0 Å². The molecule has 0 spiro atoms. The Morgan fingerprint density at radius 2 is 2.05 bits per heavy atom. The molecule has 120 valence electrons. The number of nitrogens with one attached hydrogen (secondary N) is 1. The summed E-state index contributed by atoms with van der Waals surface area (Å²) in [7, 11) is 2.34. The van der Waals surface area contributed by atoms with E-state index in [1.807, 2.05) is 0 Å². The Kier molecular flexibility index (Phi) is 3.69. The molecular weight excluding hydrogens is 288 g/mol. The quantitative estimate of drug-likeness (QED) is 0.865. The summed E-state index contributed by atoms with van der Waals surface area (Å²) in [4.78, 5) is 2.64. The van der Waals surface area contributed by atoms with Crippen LogP contribution in [0.25, 0.3) is 0 Å². The Labute approximate surface area is 139 Å². The molecule has 22 heavy (non-hydrogen) atoms. The number of thioether (sulfide) groups is 1. The normalized spacial score (nSPS) is 36.9. The number of nitrogens with zero attached hydrogens (tertiary/aromatic N) is 1. The number of piperidine rings is 1. The van der Waals surface area contributed by atoms with Gasteiger partial charge in [-0.3, -0.25) is 0 Å². The topological polar surface area (TPSA) is 15.3 Å². The molecule has 1 N–H and O–H groups in total. The summed E-state index contributed by atoms with van der Waals surface area (Å²) in [5.41, 5.74) is 4.72. The van der Waals surface area contributed by atoms with Crippen LogP contribution in [0.2, 0.25) is 0 Å². The van der Waals surface area contributed by atoms with E-state index in [2.05, 4.69) is 68.0 Å². The minimum Gasteiger partial charge on any atom is -0.372 e. The molecule has 1 aromatic rings. The molecule has 4 rings (SSSR count). The van der Waals surface area contributed by atoms with Crippen LogP contribution in [0.15, 0.2) is 18.2 Å². The van der Waals surface area contributed by atoms with Crippen LogP contribution in [-0.2, 0) is 0 Å². The molecule has 0 saturated carbocycles. The standard InChI is InChI=1S/C19H28N2S/c1-11(2)22-19-15-9-17-14(8-12(3)10-21(17)4)13-6-5-7-16(20-19)18(13)15/h5-7,11-12,14-15,17,19-20H,8-10H2,1-4H3. The van der Waals surface area contributed by atoms with E-state index in [1.54, 1.807) is 11.1 Å². The van der Waals surface area contributed by atoms with Crippen LogP contribution in [0.3, 0.4) is 0 Å². The Morgan fingerprint density at radius 1 is 1.23 bits per heavy atom. The van der Waals surface area contributed by atoms with E-state index in [0.717, 1.165) is 17.9 Å². The van der Waals surface area contributed by atoms with Crippen molar-refractivity contribution in [2.75, 3.05) is 18.9 Å². The van der Waals surface area contributed by atoms with Crippen LogP contribution in [0.1, 0.15) is 56.6 Å². The smallest absolute Gasteiger partial charge is 0.0795 e. The highest BCUT2D eigenvalue weighted by Crippen LogP contribution is 2.54. The van der Waals surface area contributed by atoms with Crippen LogP contribution in [0, 0.1) is 5.92 Å². The van der Waals surface area contributed by atoms with Crippen LogP contribution in [0.4, 0.5) is 5.69 Å². The lowest BCUT2D eigenvalue weighted by Gasteiger charge is -2.47. The number of hydrogen-bond donors (Lipinski definition) is 1. The van der Waals surface area contributed by atoms with E-state index in [-0.39, 0.29) is 0 Å². The summed E-state index contributed by atoms with van der Waals surface area (Å²) in [5, 5.41) is 5.07. The molecule has 2 nitrogen and oxygen atoms in total. The fourth-order valence-electron chi connectivity index (χ4n) is 5.05. The molecule has 1 aliphatic carbocycles. The Bertz CT molecular complexity index is 571. The molecule has 2 heterocycles. The summed E-state index contributed by atoms with van der Waals surface area (Å²) >= 11 is 2.11. The summed E-state index contributed by atoms with van der Waals surface area (Å²) < 4.78 is 0. The zero-order valence-electron chi connectivity index (χ0n) is 14.2. The van der Waals surface area contributed by atoms with Crippen LogP contribution < -0.4 is 5.32 Å². The molecule has 2 aliphatic heterocycles. The summed E-state index contributed by atoms with van der Waals surface area (Å²) in [5.74, 6) is 2.24. The summed E-state index contributed by atoms with van der Waals surface area (Å²) in [6, 6.07) is 7.71. The number of fused-ring (bicyclic) bond motifs is 2. The average molecular weight is 317 g/mol. The predicted molar refractivity (Wildman–Crippen MR) is 96.9 cm³/mol. The number of benzene rings is 1. The minimum absolute atomic E-state index is 0.560. The molecule has 1 fully saturated rings. The van der Waals surface area contributed by atoms with Gasteiger partial charge in [-0.1, -0.05) is 32.9 Å². The SMILES string of the molecule is CC1CC2c3cccc4c3C(CC2N(C)C1)C(SC(C)C)N4. The largest absolute Gasteiger partial charge is 0.372 e. The van der Waals surface area contributed by atoms with E-state index >= 15 is 0 Å². The molecule has 5 atom stereocenters. The van der Waals surface area contributed by atoms with Crippen molar-refractivity contribution < 1.29 is 0 Å². The van der Waals surface area contributed by atoms with Gasteiger partial charge in [0.05, 0.1) is 5.37 Å². The highest BCUT2D eigenvalue weighted by molar-refractivity contribution is 8.00. The summed E-state index contributed by atoms with van der Waals surface area (Å²) in [6.45, 7) is 8.31. The van der Waals surface area contributed by atoms with Gasteiger partial charge in [-0.2, -0.15) is 0 Å². The minimum atomic E-state index is 0.560. The van der Waals surface area contributed by atoms with Crippen LogP contribution >= 0.6 is 11.8 Å². The zero-order valence-corrected chi connectivity index (χ0v) is 15.0. The zero-order chi connectivity index (χ0) is 15.4. The second kappa shape index (κ2) is 5.45. The third-order valence-corrected chi connectivity index (χ3v) is 7.06. The van der Waals surface area contributed by atoms with E-state index in [0.29, 0.717) is 16.5 Å². The average Bonchev–Trinajstić information content (AvgIpc) is 2.79. The highest BCUT2D eigenvalue weighted by atomic mass is 32.2. The fraction of sp³-hybridized carbons (Fsp3) is 0.684. The third-order valence-electron chi connectivity index (χ3n) is 5.77. The maximum absolute atomic E-state index is 3.83. The lowest BCUT2D eigenvalue weighted by molar-refractivity contribution is 0.102. The van der Waals surface area contributed by atoms with Gasteiger partial charge in [0.15, 0.2) is 0 Å². The molecule has 0 amide bonds. The molecule has 5 unspecified atom stereocenters. The molecular formula is C19H28N2S. The first-order chi connectivity index (χ1) is 10.5.